The van der Waals surface area contributed by atoms with Crippen LogP contribution in [0.25, 0.3) is 0 Å². The molecule has 12 nitrogen and oxygen atoms in total. The number of allylic oxidation sites excluding steroid dienone is 2. The molecular formula is C30H42N4O8. The highest BCUT2D eigenvalue weighted by molar-refractivity contribution is 5.96. The van der Waals surface area contributed by atoms with E-state index in [-0.39, 0.29) is 36.2 Å². The van der Waals surface area contributed by atoms with Crippen LogP contribution in [0.5, 0.6) is 0 Å². The lowest BCUT2D eigenvalue weighted by Gasteiger charge is -2.60. The Labute approximate surface area is 244 Å². The fourth-order valence-corrected chi connectivity index (χ4v) is 8.73. The van der Waals surface area contributed by atoms with Crippen molar-refractivity contribution in [2.24, 2.45) is 33.7 Å². The molecule has 8 atom stereocenters. The van der Waals surface area contributed by atoms with Gasteiger partial charge in [-0.25, -0.2) is 9.78 Å². The number of aliphatic hydroxyl groups excluding tert-OH is 2. The molecule has 1 aromatic heterocycles. The number of ether oxygens (including phenoxy) is 1. The van der Waals surface area contributed by atoms with E-state index in [1.54, 1.807) is 6.20 Å². The molecule has 1 aromatic rings. The standard InChI is InChI=1S/C30H42N4O8/c1-28-8-6-18(34-42-15-25(38)33-22(27(39)41-3)11-19-13-31-16-32-19)10-17(28)4-5-20-21-7-9-30(40,24(37)14-35)29(21,2)12-23(36)26(20)28/h10,13,16,20-23,26,35-36,40H,4-9,11-12,14-15H2,1-3H3,(H,31,32)(H,33,38)/t20?,21?,22?,23?,26?,28-,29-,30-/m0/s1. The first-order valence-corrected chi connectivity index (χ1v) is 14.8. The fraction of sp³-hybridized carbons (Fsp3) is 0.700. The van der Waals surface area contributed by atoms with Crippen molar-refractivity contribution < 1.29 is 39.3 Å². The third-order valence-electron chi connectivity index (χ3n) is 10.8. The molecule has 5 rings (SSSR count). The summed E-state index contributed by atoms with van der Waals surface area (Å²) in [7, 11) is 1.26. The molecule has 0 aliphatic heterocycles. The summed E-state index contributed by atoms with van der Waals surface area (Å²) in [6.45, 7) is 3.05. The monoisotopic (exact) mass is 586 g/mol. The Kier molecular flexibility index (Phi) is 8.34. The minimum atomic E-state index is -1.61. The lowest BCUT2D eigenvalue weighted by atomic mass is 9.45. The van der Waals surface area contributed by atoms with Gasteiger partial charge in [-0.1, -0.05) is 24.6 Å². The zero-order chi connectivity index (χ0) is 30.3. The largest absolute Gasteiger partial charge is 0.467 e. The Bertz CT molecular complexity index is 1260. The fourth-order valence-electron chi connectivity index (χ4n) is 8.73. The number of aromatic nitrogens is 2. The number of imidazole rings is 1. The summed E-state index contributed by atoms with van der Waals surface area (Å²) in [6, 6.07) is -0.895. The quantitative estimate of drug-likeness (QED) is 0.210. The minimum Gasteiger partial charge on any atom is -0.467 e. The number of amides is 1. The van der Waals surface area contributed by atoms with Crippen LogP contribution in [-0.2, 0) is 30.4 Å². The van der Waals surface area contributed by atoms with E-state index in [2.05, 4.69) is 27.4 Å². The molecule has 12 heteroatoms. The normalized spacial score (nSPS) is 37.1. The highest BCUT2D eigenvalue weighted by Gasteiger charge is 2.68. The van der Waals surface area contributed by atoms with Gasteiger partial charge in [0.15, 0.2) is 12.4 Å². The number of nitrogens with one attached hydrogen (secondary N) is 2. The van der Waals surface area contributed by atoms with Crippen molar-refractivity contribution in [3.8, 4) is 0 Å². The molecule has 1 heterocycles. The molecule has 1 amide bonds. The predicted octanol–water partition coefficient (Wildman–Crippen LogP) is 1.21. The molecule has 5 N–H and O–H groups in total. The molecule has 42 heavy (non-hydrogen) atoms. The molecule has 3 fully saturated rings. The van der Waals surface area contributed by atoms with Gasteiger partial charge in [-0.15, -0.1) is 0 Å². The number of esters is 1. The molecule has 4 aliphatic carbocycles. The second kappa shape index (κ2) is 11.5. The van der Waals surface area contributed by atoms with E-state index >= 15 is 0 Å². The van der Waals surface area contributed by atoms with E-state index in [0.717, 1.165) is 25.0 Å². The molecule has 0 saturated heterocycles. The number of oxime groups is 1. The van der Waals surface area contributed by atoms with Crippen LogP contribution in [-0.4, -0.2) is 86.7 Å². The molecule has 230 valence electrons. The summed E-state index contributed by atoms with van der Waals surface area (Å²) < 4.78 is 4.80. The van der Waals surface area contributed by atoms with Crippen LogP contribution in [0.2, 0.25) is 0 Å². The van der Waals surface area contributed by atoms with E-state index in [1.165, 1.54) is 19.0 Å². The van der Waals surface area contributed by atoms with Gasteiger partial charge in [-0.3, -0.25) is 9.59 Å². The van der Waals surface area contributed by atoms with Gasteiger partial charge >= 0.3 is 5.97 Å². The molecule has 3 saturated carbocycles. The van der Waals surface area contributed by atoms with Crippen LogP contribution >= 0.6 is 0 Å². The molecule has 0 bridgehead atoms. The Hall–Kier alpha value is -3.09. The maximum atomic E-state index is 12.6. The molecule has 0 aromatic carbocycles. The predicted molar refractivity (Wildman–Crippen MR) is 150 cm³/mol. The zero-order valence-electron chi connectivity index (χ0n) is 24.5. The third-order valence-corrected chi connectivity index (χ3v) is 10.8. The second-order valence-electron chi connectivity index (χ2n) is 12.9. The van der Waals surface area contributed by atoms with E-state index in [0.29, 0.717) is 31.4 Å². The van der Waals surface area contributed by atoms with Crippen molar-refractivity contribution in [1.82, 2.24) is 15.3 Å². The number of ketones is 1. The summed E-state index contributed by atoms with van der Waals surface area (Å²) in [5.41, 5.74) is -0.0624. The number of rotatable bonds is 9. The van der Waals surface area contributed by atoms with Crippen molar-refractivity contribution in [1.29, 1.82) is 0 Å². The SMILES string of the molecule is COC(=O)C(Cc1cnc[nH]1)NC(=O)CON=C1C=C2CCC3C(C(O)C[C@@]4(C)C3CC[C@]4(O)C(=O)CO)[C@@]2(C)CC1. The molecule has 0 radical (unpaired) electrons. The first-order valence-electron chi connectivity index (χ1n) is 14.8. The number of hydrogen-bond donors (Lipinski definition) is 5. The van der Waals surface area contributed by atoms with Crippen molar-refractivity contribution in [2.45, 2.75) is 83.0 Å². The number of carbonyl (C=O) groups excluding carboxylic acids is 3. The number of aromatic amines is 1. The Morgan fingerprint density at radius 1 is 1.24 bits per heavy atom. The van der Waals surface area contributed by atoms with Crippen LogP contribution in [0.4, 0.5) is 0 Å². The van der Waals surface area contributed by atoms with E-state index < -0.39 is 47.4 Å². The number of fused-ring (bicyclic) bond motifs is 5. The number of methoxy groups -OCH3 is 1. The van der Waals surface area contributed by atoms with Crippen LogP contribution in [0.1, 0.15) is 64.5 Å². The first kappa shape index (κ1) is 30.4. The number of nitrogens with zero attached hydrogens (tertiary/aromatic N) is 2. The number of carbonyl (C=O) groups is 3. The number of Topliss-reactive ketones (excluding diaryl/α,β-unsaturated/α-hetero) is 1. The zero-order valence-corrected chi connectivity index (χ0v) is 24.5. The minimum absolute atomic E-state index is 0.0134. The van der Waals surface area contributed by atoms with Gasteiger partial charge in [0, 0.05) is 23.7 Å². The smallest absolute Gasteiger partial charge is 0.328 e. The average molecular weight is 587 g/mol. The highest BCUT2D eigenvalue weighted by Crippen LogP contribution is 2.67. The van der Waals surface area contributed by atoms with E-state index in [9.17, 15) is 29.7 Å². The Morgan fingerprint density at radius 2 is 2.02 bits per heavy atom. The van der Waals surface area contributed by atoms with Gasteiger partial charge in [0.1, 0.15) is 18.2 Å². The van der Waals surface area contributed by atoms with Gasteiger partial charge in [-0.05, 0) is 74.2 Å². The van der Waals surface area contributed by atoms with Gasteiger partial charge in [0.05, 0.1) is 25.3 Å². The molecule has 5 unspecified atom stereocenters. The third kappa shape index (κ3) is 5.07. The van der Waals surface area contributed by atoms with Crippen LogP contribution in [0.15, 0.2) is 29.3 Å². The van der Waals surface area contributed by atoms with Gasteiger partial charge in [-0.2, -0.15) is 0 Å². The first-order chi connectivity index (χ1) is 20.0. The summed E-state index contributed by atoms with van der Waals surface area (Å²) in [5.74, 6) is -1.41. The van der Waals surface area contributed by atoms with Crippen LogP contribution in [0, 0.1) is 28.6 Å². The Morgan fingerprint density at radius 3 is 2.71 bits per heavy atom. The second-order valence-corrected chi connectivity index (χ2v) is 12.9. The average Bonchev–Trinajstić information content (AvgIpc) is 3.57. The lowest BCUT2D eigenvalue weighted by molar-refractivity contribution is -0.181. The van der Waals surface area contributed by atoms with E-state index in [4.69, 9.17) is 9.57 Å². The highest BCUT2D eigenvalue weighted by atomic mass is 16.6. The summed E-state index contributed by atoms with van der Waals surface area (Å²) in [5, 5.41) is 39.3. The van der Waals surface area contributed by atoms with Gasteiger partial charge in [0.25, 0.3) is 5.91 Å². The number of H-pyrrole nitrogens is 1. The maximum absolute atomic E-state index is 12.6. The van der Waals surface area contributed by atoms with Crippen LogP contribution in [0.3, 0.4) is 0 Å². The molecular weight excluding hydrogens is 544 g/mol. The summed E-state index contributed by atoms with van der Waals surface area (Å²) in [6.07, 6.45) is 8.90. The van der Waals surface area contributed by atoms with E-state index in [1.807, 2.05) is 13.0 Å². The van der Waals surface area contributed by atoms with Crippen molar-refractivity contribution in [3.63, 3.8) is 0 Å². The number of hydrogen-bond acceptors (Lipinski definition) is 10. The summed E-state index contributed by atoms with van der Waals surface area (Å²) >= 11 is 0. The summed E-state index contributed by atoms with van der Waals surface area (Å²) in [4.78, 5) is 49.4. The maximum Gasteiger partial charge on any atom is 0.328 e. The van der Waals surface area contributed by atoms with Crippen molar-refractivity contribution in [3.05, 3.63) is 29.9 Å². The molecule has 4 aliphatic rings. The lowest BCUT2D eigenvalue weighted by Crippen LogP contribution is -2.62. The van der Waals surface area contributed by atoms with Gasteiger partial charge < -0.3 is 35.2 Å². The molecule has 0 spiro atoms. The number of aliphatic hydroxyl groups is 3. The van der Waals surface area contributed by atoms with Crippen molar-refractivity contribution in [2.75, 3.05) is 20.3 Å². The van der Waals surface area contributed by atoms with Crippen LogP contribution < -0.4 is 5.32 Å². The Balaban J connectivity index is 1.24. The van der Waals surface area contributed by atoms with Crippen molar-refractivity contribution >= 4 is 23.4 Å². The van der Waals surface area contributed by atoms with Gasteiger partial charge in [0.2, 0.25) is 0 Å². The topological polar surface area (TPSA) is 183 Å².